The quantitative estimate of drug-likeness (QED) is 0.763. The van der Waals surface area contributed by atoms with E-state index in [1.165, 1.54) is 11.1 Å². The molecule has 0 aliphatic rings. The van der Waals surface area contributed by atoms with Gasteiger partial charge in [-0.3, -0.25) is 0 Å². The van der Waals surface area contributed by atoms with Crippen molar-refractivity contribution in [1.82, 2.24) is 0 Å². The lowest BCUT2D eigenvalue weighted by molar-refractivity contribution is 0.593. The minimum atomic E-state index is -3.15. The van der Waals surface area contributed by atoms with Gasteiger partial charge in [0.05, 0.1) is 10.6 Å². The lowest BCUT2D eigenvalue weighted by Crippen LogP contribution is -2.07. The van der Waals surface area contributed by atoms with E-state index in [0.717, 1.165) is 12.8 Å². The van der Waals surface area contributed by atoms with Gasteiger partial charge < -0.3 is 0 Å². The molecule has 0 amide bonds. The monoisotopic (exact) mass is 316 g/mol. The number of benzene rings is 2. The molecule has 0 saturated heterocycles. The molecule has 3 heteroatoms. The van der Waals surface area contributed by atoms with Crippen LogP contribution in [0.15, 0.2) is 59.5 Å². The predicted molar refractivity (Wildman–Crippen MR) is 91.8 cm³/mol. The summed E-state index contributed by atoms with van der Waals surface area (Å²) in [4.78, 5) is 0.419. The molecule has 0 bridgehead atoms. The Hall–Kier alpha value is -1.61. The molecule has 0 radical (unpaired) electrons. The van der Waals surface area contributed by atoms with Crippen molar-refractivity contribution in [3.8, 4) is 0 Å². The highest BCUT2D eigenvalue weighted by Gasteiger charge is 2.13. The second kappa shape index (κ2) is 7.59. The molecular formula is C19H24O2S. The van der Waals surface area contributed by atoms with Crippen molar-refractivity contribution in [2.45, 2.75) is 38.0 Å². The number of hydrogen-bond acceptors (Lipinski definition) is 2. The van der Waals surface area contributed by atoms with Crippen molar-refractivity contribution in [2.75, 3.05) is 5.75 Å². The van der Waals surface area contributed by atoms with Crippen molar-refractivity contribution >= 4 is 9.84 Å². The number of hydrogen-bond donors (Lipinski definition) is 0. The standard InChI is InChI=1S/C19H24O2S/c1-16(2)15-18-12-10-17(11-13-18)7-6-14-22(20,21)19-8-4-3-5-9-19/h3-5,8-13,16H,6-7,14-15H2,1-2H3. The van der Waals surface area contributed by atoms with Gasteiger partial charge in [-0.05, 0) is 48.4 Å². The van der Waals surface area contributed by atoms with Crippen molar-refractivity contribution in [1.29, 1.82) is 0 Å². The van der Waals surface area contributed by atoms with E-state index >= 15 is 0 Å². The number of aryl methyl sites for hydroxylation is 1. The Bertz CT molecular complexity index is 671. The second-order valence-electron chi connectivity index (χ2n) is 6.15. The van der Waals surface area contributed by atoms with Crippen LogP contribution < -0.4 is 0 Å². The first-order chi connectivity index (χ1) is 10.5. The maximum atomic E-state index is 12.2. The van der Waals surface area contributed by atoms with Gasteiger partial charge in [0.1, 0.15) is 0 Å². The molecule has 2 aromatic rings. The highest BCUT2D eigenvalue weighted by Crippen LogP contribution is 2.14. The first kappa shape index (κ1) is 16.8. The molecule has 2 aromatic carbocycles. The van der Waals surface area contributed by atoms with Gasteiger partial charge in [0.25, 0.3) is 0 Å². The van der Waals surface area contributed by atoms with Gasteiger partial charge in [-0.2, -0.15) is 0 Å². The van der Waals surface area contributed by atoms with Crippen LogP contribution in [-0.4, -0.2) is 14.2 Å². The zero-order valence-electron chi connectivity index (χ0n) is 13.3. The Morgan fingerprint density at radius 3 is 2.05 bits per heavy atom. The summed E-state index contributed by atoms with van der Waals surface area (Å²) < 4.78 is 24.4. The van der Waals surface area contributed by atoms with Crippen LogP contribution in [0.5, 0.6) is 0 Å². The molecule has 22 heavy (non-hydrogen) atoms. The fourth-order valence-corrected chi connectivity index (χ4v) is 3.86. The van der Waals surface area contributed by atoms with Crippen molar-refractivity contribution in [3.05, 3.63) is 65.7 Å². The van der Waals surface area contributed by atoms with Gasteiger partial charge in [0.15, 0.2) is 9.84 Å². The Morgan fingerprint density at radius 1 is 0.864 bits per heavy atom. The van der Waals surface area contributed by atoms with Crippen LogP contribution in [0.4, 0.5) is 0 Å². The Labute approximate surface area is 134 Å². The summed E-state index contributed by atoms with van der Waals surface area (Å²) in [5.41, 5.74) is 2.55. The maximum absolute atomic E-state index is 12.2. The van der Waals surface area contributed by atoms with Crippen LogP contribution in [0, 0.1) is 5.92 Å². The first-order valence-electron chi connectivity index (χ1n) is 7.83. The molecular weight excluding hydrogens is 292 g/mol. The molecule has 0 aromatic heterocycles. The van der Waals surface area contributed by atoms with E-state index in [2.05, 4.69) is 38.1 Å². The SMILES string of the molecule is CC(C)Cc1ccc(CCCS(=O)(=O)c2ccccc2)cc1. The molecule has 0 atom stereocenters. The zero-order valence-corrected chi connectivity index (χ0v) is 14.1. The van der Waals surface area contributed by atoms with Gasteiger partial charge in [0, 0.05) is 0 Å². The summed E-state index contributed by atoms with van der Waals surface area (Å²) in [5, 5.41) is 0. The normalized spacial score (nSPS) is 11.8. The average Bonchev–Trinajstić information content (AvgIpc) is 2.49. The lowest BCUT2D eigenvalue weighted by Gasteiger charge is -2.07. The van der Waals surface area contributed by atoms with Gasteiger partial charge >= 0.3 is 0 Å². The molecule has 2 nitrogen and oxygen atoms in total. The highest BCUT2D eigenvalue weighted by atomic mass is 32.2. The lowest BCUT2D eigenvalue weighted by atomic mass is 10.0. The minimum Gasteiger partial charge on any atom is -0.224 e. The van der Waals surface area contributed by atoms with Crippen molar-refractivity contribution < 1.29 is 8.42 Å². The molecule has 0 heterocycles. The van der Waals surface area contributed by atoms with Crippen LogP contribution in [0.2, 0.25) is 0 Å². The van der Waals surface area contributed by atoms with Gasteiger partial charge in [-0.25, -0.2) is 8.42 Å². The Balaban J connectivity index is 1.88. The predicted octanol–water partition coefficient (Wildman–Crippen LogP) is 4.29. The van der Waals surface area contributed by atoms with E-state index in [9.17, 15) is 8.42 Å². The summed E-state index contributed by atoms with van der Waals surface area (Å²) >= 11 is 0. The molecule has 0 unspecified atom stereocenters. The van der Waals surface area contributed by atoms with Gasteiger partial charge in [0.2, 0.25) is 0 Å². The summed E-state index contributed by atoms with van der Waals surface area (Å²) in [5.74, 6) is 0.854. The summed E-state index contributed by atoms with van der Waals surface area (Å²) in [6.07, 6.45) is 2.54. The number of sulfone groups is 1. The third kappa shape index (κ3) is 4.99. The Kier molecular flexibility index (Phi) is 5.78. The molecule has 118 valence electrons. The van der Waals surface area contributed by atoms with Gasteiger partial charge in [-0.15, -0.1) is 0 Å². The van der Waals surface area contributed by atoms with E-state index in [-0.39, 0.29) is 5.75 Å². The van der Waals surface area contributed by atoms with Crippen LogP contribution in [0.1, 0.15) is 31.4 Å². The van der Waals surface area contributed by atoms with E-state index in [0.29, 0.717) is 17.2 Å². The maximum Gasteiger partial charge on any atom is 0.178 e. The fraction of sp³-hybridized carbons (Fsp3) is 0.368. The smallest absolute Gasteiger partial charge is 0.178 e. The van der Waals surface area contributed by atoms with E-state index in [4.69, 9.17) is 0 Å². The minimum absolute atomic E-state index is 0.199. The van der Waals surface area contributed by atoms with Gasteiger partial charge in [-0.1, -0.05) is 56.3 Å². The first-order valence-corrected chi connectivity index (χ1v) is 9.48. The third-order valence-corrected chi connectivity index (χ3v) is 5.46. The van der Waals surface area contributed by atoms with Crippen LogP contribution in [-0.2, 0) is 22.7 Å². The molecule has 0 spiro atoms. The topological polar surface area (TPSA) is 34.1 Å². The van der Waals surface area contributed by atoms with E-state index in [1.54, 1.807) is 24.3 Å². The largest absolute Gasteiger partial charge is 0.224 e. The van der Waals surface area contributed by atoms with Crippen LogP contribution in [0.25, 0.3) is 0 Å². The molecule has 0 saturated carbocycles. The van der Waals surface area contributed by atoms with Crippen LogP contribution >= 0.6 is 0 Å². The van der Waals surface area contributed by atoms with Crippen molar-refractivity contribution in [3.63, 3.8) is 0 Å². The van der Waals surface area contributed by atoms with E-state index < -0.39 is 9.84 Å². The second-order valence-corrected chi connectivity index (χ2v) is 8.26. The Morgan fingerprint density at radius 2 is 1.45 bits per heavy atom. The average molecular weight is 316 g/mol. The molecule has 0 aliphatic carbocycles. The molecule has 2 rings (SSSR count). The third-order valence-electron chi connectivity index (χ3n) is 3.65. The molecule has 0 N–H and O–H groups in total. The summed E-state index contributed by atoms with van der Waals surface area (Å²) in [6, 6.07) is 17.2. The molecule has 0 aliphatic heterocycles. The van der Waals surface area contributed by atoms with Crippen LogP contribution in [0.3, 0.4) is 0 Å². The van der Waals surface area contributed by atoms with Crippen molar-refractivity contribution in [2.24, 2.45) is 5.92 Å². The summed E-state index contributed by atoms with van der Waals surface area (Å²) in [7, 11) is -3.15. The summed E-state index contributed by atoms with van der Waals surface area (Å²) in [6.45, 7) is 4.42. The van der Waals surface area contributed by atoms with E-state index in [1.807, 2.05) is 6.07 Å². The zero-order chi connectivity index (χ0) is 16.0. The fourth-order valence-electron chi connectivity index (χ4n) is 2.53. The number of rotatable bonds is 7. The molecule has 0 fully saturated rings. The highest BCUT2D eigenvalue weighted by molar-refractivity contribution is 7.91.